The minimum absolute atomic E-state index is 0.456. The van der Waals surface area contributed by atoms with E-state index in [1.807, 2.05) is 38.4 Å². The molecule has 0 unspecified atom stereocenters. The third-order valence-corrected chi connectivity index (χ3v) is 2.63. The molecule has 2 nitrogen and oxygen atoms in total. The maximum Gasteiger partial charge on any atom is 0.212 e. The third-order valence-electron chi connectivity index (χ3n) is 2.63. The van der Waals surface area contributed by atoms with Crippen LogP contribution in [-0.4, -0.2) is 19.1 Å². The zero-order valence-corrected chi connectivity index (χ0v) is 10.5. The van der Waals surface area contributed by atoms with Gasteiger partial charge < -0.3 is 4.90 Å². The van der Waals surface area contributed by atoms with E-state index < -0.39 is 5.95 Å². The lowest BCUT2D eigenvalue weighted by Gasteiger charge is -2.11. The molecule has 0 bridgehead atoms. The van der Waals surface area contributed by atoms with Crippen molar-refractivity contribution in [2.24, 2.45) is 0 Å². The Bertz CT molecular complexity index is 527. The van der Waals surface area contributed by atoms with Crippen molar-refractivity contribution in [2.45, 2.75) is 0 Å². The first kappa shape index (κ1) is 12.3. The number of hydrogen-bond donors (Lipinski definition) is 0. The smallest absolute Gasteiger partial charge is 0.212 e. The largest absolute Gasteiger partial charge is 0.378 e. The lowest BCUT2D eigenvalue weighted by atomic mass is 10.1. The molecule has 0 amide bonds. The fourth-order valence-electron chi connectivity index (χ4n) is 1.56. The molecule has 0 aliphatic heterocycles. The van der Waals surface area contributed by atoms with Gasteiger partial charge in [-0.1, -0.05) is 24.3 Å². The number of rotatable bonds is 3. The minimum atomic E-state index is -0.456. The first-order chi connectivity index (χ1) is 8.65. The molecule has 0 spiro atoms. The molecule has 1 aromatic heterocycles. The number of benzene rings is 1. The van der Waals surface area contributed by atoms with Crippen LogP contribution < -0.4 is 4.90 Å². The second kappa shape index (κ2) is 5.45. The van der Waals surface area contributed by atoms with Crippen molar-refractivity contribution in [3.05, 3.63) is 59.7 Å². The van der Waals surface area contributed by atoms with E-state index in [0.717, 1.165) is 16.8 Å². The molecule has 3 heteroatoms. The second-order valence-electron chi connectivity index (χ2n) is 4.23. The van der Waals surface area contributed by atoms with Crippen molar-refractivity contribution >= 4 is 17.8 Å². The summed E-state index contributed by atoms with van der Waals surface area (Å²) in [4.78, 5) is 5.66. The van der Waals surface area contributed by atoms with Crippen molar-refractivity contribution in [3.8, 4) is 0 Å². The first-order valence-electron chi connectivity index (χ1n) is 5.72. The molecule has 0 fully saturated rings. The van der Waals surface area contributed by atoms with Gasteiger partial charge >= 0.3 is 0 Å². The Morgan fingerprint density at radius 1 is 0.944 bits per heavy atom. The number of hydrogen-bond acceptors (Lipinski definition) is 2. The molecular weight excluding hydrogens is 227 g/mol. The SMILES string of the molecule is CN(C)c1ccc(C=Cc2ccc(F)nc2)cc1. The Hall–Kier alpha value is -2.16. The Morgan fingerprint density at radius 2 is 1.56 bits per heavy atom. The predicted octanol–water partition coefficient (Wildman–Crippen LogP) is 3.46. The Labute approximate surface area is 106 Å². The topological polar surface area (TPSA) is 16.1 Å². The van der Waals surface area contributed by atoms with Gasteiger partial charge in [-0.15, -0.1) is 0 Å². The molecule has 92 valence electrons. The molecule has 0 aliphatic carbocycles. The monoisotopic (exact) mass is 242 g/mol. The normalized spacial score (nSPS) is 10.8. The van der Waals surface area contributed by atoms with Crippen LogP contribution in [0.25, 0.3) is 12.2 Å². The van der Waals surface area contributed by atoms with Gasteiger partial charge in [0.15, 0.2) is 0 Å². The molecule has 0 radical (unpaired) electrons. The first-order valence-corrected chi connectivity index (χ1v) is 5.72. The van der Waals surface area contributed by atoms with E-state index in [4.69, 9.17) is 0 Å². The molecule has 18 heavy (non-hydrogen) atoms. The summed E-state index contributed by atoms with van der Waals surface area (Å²) < 4.78 is 12.6. The highest BCUT2D eigenvalue weighted by atomic mass is 19.1. The maximum absolute atomic E-state index is 12.6. The number of nitrogens with zero attached hydrogens (tertiary/aromatic N) is 2. The molecule has 0 atom stereocenters. The zero-order chi connectivity index (χ0) is 13.0. The van der Waals surface area contributed by atoms with Crippen LogP contribution in [0.4, 0.5) is 10.1 Å². The van der Waals surface area contributed by atoms with Crippen molar-refractivity contribution in [2.75, 3.05) is 19.0 Å². The Kier molecular flexibility index (Phi) is 3.72. The fourth-order valence-corrected chi connectivity index (χ4v) is 1.56. The molecule has 2 rings (SSSR count). The Balaban J connectivity index is 2.11. The van der Waals surface area contributed by atoms with Crippen LogP contribution >= 0.6 is 0 Å². The van der Waals surface area contributed by atoms with Crippen molar-refractivity contribution in [1.82, 2.24) is 4.98 Å². The third kappa shape index (κ3) is 3.17. The van der Waals surface area contributed by atoms with Crippen LogP contribution in [-0.2, 0) is 0 Å². The van der Waals surface area contributed by atoms with Crippen LogP contribution in [0.1, 0.15) is 11.1 Å². The summed E-state index contributed by atoms with van der Waals surface area (Å²) in [6.07, 6.45) is 5.41. The lowest BCUT2D eigenvalue weighted by Crippen LogP contribution is -2.07. The summed E-state index contributed by atoms with van der Waals surface area (Å²) in [6, 6.07) is 11.3. The average Bonchev–Trinajstić information content (AvgIpc) is 2.38. The summed E-state index contributed by atoms with van der Waals surface area (Å²) in [5.41, 5.74) is 3.15. The number of anilines is 1. The summed E-state index contributed by atoms with van der Waals surface area (Å²) in [5.74, 6) is -0.456. The molecule has 2 aromatic rings. The highest BCUT2D eigenvalue weighted by Crippen LogP contribution is 2.14. The number of halogens is 1. The Morgan fingerprint density at radius 3 is 2.11 bits per heavy atom. The van der Waals surface area contributed by atoms with Crippen LogP contribution in [0.2, 0.25) is 0 Å². The summed E-state index contributed by atoms with van der Waals surface area (Å²) >= 11 is 0. The second-order valence-corrected chi connectivity index (χ2v) is 4.23. The zero-order valence-electron chi connectivity index (χ0n) is 10.5. The average molecular weight is 242 g/mol. The van der Waals surface area contributed by atoms with Gasteiger partial charge in [0.1, 0.15) is 0 Å². The van der Waals surface area contributed by atoms with Crippen LogP contribution in [0.15, 0.2) is 42.6 Å². The van der Waals surface area contributed by atoms with E-state index in [1.54, 1.807) is 6.07 Å². The van der Waals surface area contributed by atoms with Crippen LogP contribution in [0.3, 0.4) is 0 Å². The van der Waals surface area contributed by atoms with Crippen molar-refractivity contribution in [3.63, 3.8) is 0 Å². The molecule has 0 N–H and O–H groups in total. The fraction of sp³-hybridized carbons (Fsp3) is 0.133. The summed E-state index contributed by atoms with van der Waals surface area (Å²) in [6.45, 7) is 0. The van der Waals surface area contributed by atoms with Gasteiger partial charge in [0.05, 0.1) is 0 Å². The van der Waals surface area contributed by atoms with E-state index in [1.165, 1.54) is 12.3 Å². The highest BCUT2D eigenvalue weighted by molar-refractivity contribution is 5.70. The predicted molar refractivity (Wildman–Crippen MR) is 73.9 cm³/mol. The van der Waals surface area contributed by atoms with Crippen LogP contribution in [0.5, 0.6) is 0 Å². The molecule has 0 saturated heterocycles. The maximum atomic E-state index is 12.6. The van der Waals surface area contributed by atoms with E-state index in [-0.39, 0.29) is 0 Å². The molecule has 1 aromatic carbocycles. The van der Waals surface area contributed by atoms with E-state index >= 15 is 0 Å². The lowest BCUT2D eigenvalue weighted by molar-refractivity contribution is 0.583. The summed E-state index contributed by atoms with van der Waals surface area (Å²) in [5, 5.41) is 0. The van der Waals surface area contributed by atoms with Crippen molar-refractivity contribution < 1.29 is 4.39 Å². The molecular formula is C15H15FN2. The van der Waals surface area contributed by atoms with Crippen molar-refractivity contribution in [1.29, 1.82) is 0 Å². The van der Waals surface area contributed by atoms with Crippen LogP contribution in [0, 0.1) is 5.95 Å². The van der Waals surface area contributed by atoms with Gasteiger partial charge in [-0.25, -0.2) is 4.98 Å². The minimum Gasteiger partial charge on any atom is -0.378 e. The number of aromatic nitrogens is 1. The van der Waals surface area contributed by atoms with E-state index in [0.29, 0.717) is 0 Å². The molecule has 0 saturated carbocycles. The van der Waals surface area contributed by atoms with E-state index in [2.05, 4.69) is 22.0 Å². The standard InChI is InChI=1S/C15H15FN2/c1-18(2)14-8-5-12(6-9-14)3-4-13-7-10-15(16)17-11-13/h3-11H,1-2H3. The van der Waals surface area contributed by atoms with Gasteiger partial charge in [0.2, 0.25) is 5.95 Å². The van der Waals surface area contributed by atoms with Gasteiger partial charge in [-0.3, -0.25) is 0 Å². The van der Waals surface area contributed by atoms with Gasteiger partial charge in [-0.2, -0.15) is 4.39 Å². The van der Waals surface area contributed by atoms with Gasteiger partial charge in [0.25, 0.3) is 0 Å². The molecule has 1 heterocycles. The van der Waals surface area contributed by atoms with E-state index in [9.17, 15) is 4.39 Å². The van der Waals surface area contributed by atoms with Gasteiger partial charge in [-0.05, 0) is 35.4 Å². The summed E-state index contributed by atoms with van der Waals surface area (Å²) in [7, 11) is 4.02. The highest BCUT2D eigenvalue weighted by Gasteiger charge is 1.94. The quantitative estimate of drug-likeness (QED) is 0.766. The number of pyridine rings is 1. The van der Waals surface area contributed by atoms with Gasteiger partial charge in [0, 0.05) is 26.0 Å². The molecule has 0 aliphatic rings.